The zero-order chi connectivity index (χ0) is 15.1. The van der Waals surface area contributed by atoms with Crippen LogP contribution in [0, 0.1) is 0 Å². The number of hydrogen-bond donors (Lipinski definition) is 0. The lowest BCUT2D eigenvalue weighted by atomic mass is 10.1. The molecule has 0 saturated heterocycles. The second kappa shape index (κ2) is 7.42. The van der Waals surface area contributed by atoms with Crippen LogP contribution in [0.15, 0.2) is 72.8 Å². The second-order valence-electron chi connectivity index (χ2n) is 6.24. The van der Waals surface area contributed by atoms with Gasteiger partial charge >= 0.3 is 0 Å². The molecule has 0 aliphatic heterocycles. The maximum Gasteiger partial charge on any atom is 0.0873 e. The highest BCUT2D eigenvalue weighted by atomic mass is 28.3. The van der Waals surface area contributed by atoms with Crippen molar-refractivity contribution in [3.05, 3.63) is 78.4 Å². The number of rotatable bonds is 6. The largest absolute Gasteiger partial charge is 0.0917 e. The Morgan fingerprint density at radius 1 is 0.905 bits per heavy atom. The van der Waals surface area contributed by atoms with E-state index in [0.717, 1.165) is 0 Å². The Kier molecular flexibility index (Phi) is 5.57. The van der Waals surface area contributed by atoms with Gasteiger partial charge in [0.1, 0.15) is 0 Å². The molecule has 0 fully saturated rings. The fraction of sp³-hybridized carbons (Fsp3) is 0.300. The van der Waals surface area contributed by atoms with Gasteiger partial charge in [0.2, 0.25) is 0 Å². The van der Waals surface area contributed by atoms with Gasteiger partial charge in [-0.25, -0.2) is 0 Å². The minimum absolute atomic E-state index is 0.685. The van der Waals surface area contributed by atoms with E-state index in [1.54, 1.807) is 5.19 Å². The molecule has 1 heteroatoms. The molecular weight excluding hydrogens is 268 g/mol. The third-order valence-electron chi connectivity index (χ3n) is 4.46. The average molecular weight is 295 g/mol. The summed E-state index contributed by atoms with van der Waals surface area (Å²) in [5.74, 6) is 0. The van der Waals surface area contributed by atoms with Crippen molar-refractivity contribution in [3.63, 3.8) is 0 Å². The molecule has 110 valence electrons. The van der Waals surface area contributed by atoms with Gasteiger partial charge in [0.15, 0.2) is 0 Å². The summed E-state index contributed by atoms with van der Waals surface area (Å²) < 4.78 is 0. The van der Waals surface area contributed by atoms with Gasteiger partial charge in [0.25, 0.3) is 0 Å². The number of benzene rings is 2. The van der Waals surface area contributed by atoms with Gasteiger partial charge in [-0.15, -0.1) is 0 Å². The fourth-order valence-electron chi connectivity index (χ4n) is 2.98. The molecule has 0 radical (unpaired) electrons. The van der Waals surface area contributed by atoms with Crippen LogP contribution in [0.4, 0.5) is 0 Å². The van der Waals surface area contributed by atoms with Crippen LogP contribution >= 0.6 is 0 Å². The topological polar surface area (TPSA) is 0 Å². The van der Waals surface area contributed by atoms with E-state index in [4.69, 9.17) is 0 Å². The molecule has 0 unspecified atom stereocenters. The molecule has 0 heterocycles. The Balaban J connectivity index is 2.15. The van der Waals surface area contributed by atoms with Crippen molar-refractivity contribution in [2.45, 2.75) is 38.4 Å². The Labute approximate surface area is 130 Å². The van der Waals surface area contributed by atoms with Gasteiger partial charge < -0.3 is 0 Å². The van der Waals surface area contributed by atoms with Crippen molar-refractivity contribution >= 4 is 13.3 Å². The molecular formula is C20H26Si. The van der Waals surface area contributed by atoms with Gasteiger partial charge in [-0.1, -0.05) is 91.1 Å². The van der Waals surface area contributed by atoms with Crippen LogP contribution in [0.1, 0.15) is 18.9 Å². The highest BCUT2D eigenvalue weighted by Crippen LogP contribution is 2.28. The van der Waals surface area contributed by atoms with E-state index < -0.39 is 8.07 Å². The zero-order valence-electron chi connectivity index (χ0n) is 13.4. The zero-order valence-corrected chi connectivity index (χ0v) is 14.4. The van der Waals surface area contributed by atoms with Crippen LogP contribution in [0.25, 0.3) is 0 Å². The van der Waals surface area contributed by atoms with Crippen LogP contribution in [0.2, 0.25) is 18.6 Å². The lowest BCUT2D eigenvalue weighted by Crippen LogP contribution is -2.45. The van der Waals surface area contributed by atoms with Gasteiger partial charge in [0.05, 0.1) is 8.07 Å². The summed E-state index contributed by atoms with van der Waals surface area (Å²) in [5.41, 5.74) is 2.13. The highest BCUT2D eigenvalue weighted by Gasteiger charge is 2.31. The molecule has 21 heavy (non-hydrogen) atoms. The third-order valence-corrected chi connectivity index (χ3v) is 8.61. The average Bonchev–Trinajstić information content (AvgIpc) is 2.53. The monoisotopic (exact) mass is 294 g/mol. The van der Waals surface area contributed by atoms with Crippen LogP contribution in [0.3, 0.4) is 0 Å². The van der Waals surface area contributed by atoms with Gasteiger partial charge in [0, 0.05) is 0 Å². The minimum atomic E-state index is -1.47. The summed E-state index contributed by atoms with van der Waals surface area (Å²) in [5, 5.41) is 1.56. The van der Waals surface area contributed by atoms with Gasteiger partial charge in [-0.05, 0) is 30.9 Å². The standard InChI is InChI=1S/C20H26Si/c1-4-11-19(17-16-18-12-7-5-8-13-18)21(2,3)20-14-9-6-10-15-20/h4-15,19H,16-17H2,1-3H3/b11-4+/t19-/m1/s1. The first-order chi connectivity index (χ1) is 10.1. The molecule has 2 rings (SSSR count). The van der Waals surface area contributed by atoms with Crippen molar-refractivity contribution in [3.8, 4) is 0 Å². The fourth-order valence-corrected chi connectivity index (χ4v) is 6.00. The Morgan fingerprint density at radius 3 is 2.05 bits per heavy atom. The lowest BCUT2D eigenvalue weighted by Gasteiger charge is -2.31. The molecule has 1 atom stereocenters. The normalized spacial score (nSPS) is 13.5. The maximum absolute atomic E-state index is 2.50. The SMILES string of the molecule is C/C=C/[C@H](CCc1ccccc1)[Si](C)(C)c1ccccc1. The van der Waals surface area contributed by atoms with E-state index in [2.05, 4.69) is 92.8 Å². The number of allylic oxidation sites excluding steroid dienone is 2. The molecule has 0 saturated carbocycles. The Hall–Kier alpha value is -1.60. The van der Waals surface area contributed by atoms with E-state index in [-0.39, 0.29) is 0 Å². The van der Waals surface area contributed by atoms with E-state index in [9.17, 15) is 0 Å². The molecule has 2 aromatic carbocycles. The van der Waals surface area contributed by atoms with Crippen molar-refractivity contribution < 1.29 is 0 Å². The predicted octanol–water partition coefficient (Wildman–Crippen LogP) is 5.18. The van der Waals surface area contributed by atoms with Crippen LogP contribution in [0.5, 0.6) is 0 Å². The quantitative estimate of drug-likeness (QED) is 0.508. The van der Waals surface area contributed by atoms with E-state index in [0.29, 0.717) is 5.54 Å². The van der Waals surface area contributed by atoms with Crippen molar-refractivity contribution in [2.75, 3.05) is 0 Å². The van der Waals surface area contributed by atoms with Crippen LogP contribution < -0.4 is 5.19 Å². The summed E-state index contributed by atoms with van der Waals surface area (Å²) in [7, 11) is -1.47. The molecule has 0 aliphatic carbocycles. The molecule has 0 aliphatic rings. The van der Waals surface area contributed by atoms with Gasteiger partial charge in [-0.3, -0.25) is 0 Å². The van der Waals surface area contributed by atoms with Crippen molar-refractivity contribution in [1.82, 2.24) is 0 Å². The Morgan fingerprint density at radius 2 is 1.48 bits per heavy atom. The summed E-state index contributed by atoms with van der Waals surface area (Å²) in [4.78, 5) is 0. The summed E-state index contributed by atoms with van der Waals surface area (Å²) in [6.45, 7) is 7.14. The molecule has 0 aromatic heterocycles. The summed E-state index contributed by atoms with van der Waals surface area (Å²) >= 11 is 0. The van der Waals surface area contributed by atoms with Crippen LogP contribution in [-0.4, -0.2) is 8.07 Å². The van der Waals surface area contributed by atoms with Gasteiger partial charge in [-0.2, -0.15) is 0 Å². The molecule has 2 aromatic rings. The van der Waals surface area contributed by atoms with E-state index in [1.807, 2.05) is 0 Å². The minimum Gasteiger partial charge on any atom is -0.0917 e. The first kappa shape index (κ1) is 15.8. The molecule has 0 bridgehead atoms. The maximum atomic E-state index is 2.50. The van der Waals surface area contributed by atoms with Crippen LogP contribution in [-0.2, 0) is 6.42 Å². The summed E-state index contributed by atoms with van der Waals surface area (Å²) in [6, 6.07) is 21.9. The smallest absolute Gasteiger partial charge is 0.0873 e. The summed E-state index contributed by atoms with van der Waals surface area (Å²) in [6.07, 6.45) is 7.07. The highest BCUT2D eigenvalue weighted by molar-refractivity contribution is 6.91. The predicted molar refractivity (Wildman–Crippen MR) is 96.9 cm³/mol. The van der Waals surface area contributed by atoms with Crippen molar-refractivity contribution in [2.24, 2.45) is 0 Å². The molecule has 0 spiro atoms. The number of hydrogen-bond acceptors (Lipinski definition) is 0. The van der Waals surface area contributed by atoms with E-state index >= 15 is 0 Å². The lowest BCUT2D eigenvalue weighted by molar-refractivity contribution is 0.818. The van der Waals surface area contributed by atoms with Crippen molar-refractivity contribution in [1.29, 1.82) is 0 Å². The first-order valence-electron chi connectivity index (χ1n) is 7.87. The Bertz CT molecular complexity index is 555. The second-order valence-corrected chi connectivity index (χ2v) is 11.0. The number of aryl methyl sites for hydroxylation is 1. The molecule has 0 amide bonds. The molecule has 0 nitrogen and oxygen atoms in total. The third kappa shape index (κ3) is 4.18. The first-order valence-corrected chi connectivity index (χ1v) is 10.9. The molecule has 0 N–H and O–H groups in total. The van der Waals surface area contributed by atoms with E-state index in [1.165, 1.54) is 18.4 Å².